The number of methoxy groups -OCH3 is 1. The molecule has 1 nitrogen and oxygen atoms in total. The topological polar surface area (TPSA) is 9.23 Å². The lowest BCUT2D eigenvalue weighted by Gasteiger charge is -2.38. The van der Waals surface area contributed by atoms with Crippen molar-refractivity contribution in [3.05, 3.63) is 0 Å². The molecule has 0 aromatic rings. The summed E-state index contributed by atoms with van der Waals surface area (Å²) in [5, 5.41) is 0. The van der Waals surface area contributed by atoms with E-state index in [1.54, 1.807) is 44.9 Å². The standard InChI is InChI=1S/C26H42O/c1-27-26-17-11-21(12-18-26)6-5-20-7-13-24(14-8-20)25-15-9-23(10-16-25)19-22-3-2-4-22/h20-26H,2-4,7-19H2,1H3. The Kier molecular flexibility index (Phi) is 7.21. The molecule has 0 heterocycles. The molecule has 0 N–H and O–H groups in total. The Morgan fingerprint density at radius 2 is 1.07 bits per heavy atom. The SMILES string of the molecule is COC1CCC(C#CC2CCC(C3CCC(CC4CCC4)CC3)CC2)CC1. The van der Waals surface area contributed by atoms with Gasteiger partial charge in [0.05, 0.1) is 6.10 Å². The van der Waals surface area contributed by atoms with Crippen molar-refractivity contribution in [2.75, 3.05) is 7.11 Å². The van der Waals surface area contributed by atoms with Gasteiger partial charge in [0.2, 0.25) is 0 Å². The molecule has 0 unspecified atom stereocenters. The van der Waals surface area contributed by atoms with Crippen LogP contribution in [0.2, 0.25) is 0 Å². The molecule has 0 radical (unpaired) electrons. The average molecular weight is 371 g/mol. The Bertz CT molecular complexity index is 486. The molecule has 0 bridgehead atoms. The molecule has 4 aliphatic carbocycles. The van der Waals surface area contributed by atoms with Crippen molar-refractivity contribution in [3.8, 4) is 11.8 Å². The van der Waals surface area contributed by atoms with Crippen molar-refractivity contribution < 1.29 is 4.74 Å². The highest BCUT2D eigenvalue weighted by Crippen LogP contribution is 2.44. The van der Waals surface area contributed by atoms with Crippen LogP contribution >= 0.6 is 0 Å². The second kappa shape index (κ2) is 9.82. The maximum Gasteiger partial charge on any atom is 0.0572 e. The minimum atomic E-state index is 0.502. The van der Waals surface area contributed by atoms with Crippen molar-refractivity contribution >= 4 is 0 Å². The average Bonchev–Trinajstić information content (AvgIpc) is 2.70. The van der Waals surface area contributed by atoms with Crippen LogP contribution in [0.1, 0.15) is 103 Å². The second-order valence-corrected chi connectivity index (χ2v) is 10.4. The maximum absolute atomic E-state index is 5.49. The predicted molar refractivity (Wildman–Crippen MR) is 113 cm³/mol. The fourth-order valence-electron chi connectivity index (χ4n) is 6.51. The van der Waals surface area contributed by atoms with Gasteiger partial charge < -0.3 is 4.74 Å². The van der Waals surface area contributed by atoms with E-state index < -0.39 is 0 Å². The van der Waals surface area contributed by atoms with Crippen molar-refractivity contribution in [2.24, 2.45) is 35.5 Å². The molecule has 0 aromatic carbocycles. The van der Waals surface area contributed by atoms with E-state index in [0.29, 0.717) is 17.9 Å². The number of rotatable bonds is 4. The third kappa shape index (κ3) is 5.53. The quantitative estimate of drug-likeness (QED) is 0.484. The van der Waals surface area contributed by atoms with Crippen LogP contribution in [0, 0.1) is 47.3 Å². The molecule has 0 aromatic heterocycles. The molecule has 27 heavy (non-hydrogen) atoms. The lowest BCUT2D eigenvalue weighted by Crippen LogP contribution is -2.27. The van der Waals surface area contributed by atoms with Gasteiger partial charge in [0, 0.05) is 18.9 Å². The van der Waals surface area contributed by atoms with Crippen molar-refractivity contribution in [1.29, 1.82) is 0 Å². The van der Waals surface area contributed by atoms with Crippen LogP contribution in [0.3, 0.4) is 0 Å². The first-order valence-electron chi connectivity index (χ1n) is 12.3. The van der Waals surface area contributed by atoms with Crippen molar-refractivity contribution in [2.45, 2.75) is 109 Å². The molecule has 0 saturated heterocycles. The third-order valence-corrected chi connectivity index (χ3v) is 8.72. The van der Waals surface area contributed by atoms with Crippen LogP contribution in [0.25, 0.3) is 0 Å². The van der Waals surface area contributed by atoms with E-state index in [-0.39, 0.29) is 0 Å². The van der Waals surface area contributed by atoms with Gasteiger partial charge in [0.1, 0.15) is 0 Å². The molecule has 4 fully saturated rings. The van der Waals surface area contributed by atoms with Crippen LogP contribution in [0.15, 0.2) is 0 Å². The Morgan fingerprint density at radius 3 is 1.56 bits per heavy atom. The minimum absolute atomic E-state index is 0.502. The van der Waals surface area contributed by atoms with Crippen LogP contribution in [-0.4, -0.2) is 13.2 Å². The molecule has 0 amide bonds. The van der Waals surface area contributed by atoms with Gasteiger partial charge in [-0.15, -0.1) is 0 Å². The van der Waals surface area contributed by atoms with Gasteiger partial charge >= 0.3 is 0 Å². The van der Waals surface area contributed by atoms with E-state index in [9.17, 15) is 0 Å². The second-order valence-electron chi connectivity index (χ2n) is 10.4. The van der Waals surface area contributed by atoms with Gasteiger partial charge in [0.15, 0.2) is 0 Å². The van der Waals surface area contributed by atoms with E-state index in [1.807, 2.05) is 7.11 Å². The number of ether oxygens (including phenoxy) is 1. The lowest BCUT2D eigenvalue weighted by atomic mass is 9.67. The van der Waals surface area contributed by atoms with Crippen molar-refractivity contribution in [3.63, 3.8) is 0 Å². The van der Waals surface area contributed by atoms with Crippen LogP contribution < -0.4 is 0 Å². The maximum atomic E-state index is 5.49. The fraction of sp³-hybridized carbons (Fsp3) is 0.923. The van der Waals surface area contributed by atoms with E-state index in [1.165, 1.54) is 57.8 Å². The highest BCUT2D eigenvalue weighted by molar-refractivity contribution is 5.09. The summed E-state index contributed by atoms with van der Waals surface area (Å²) in [4.78, 5) is 0. The summed E-state index contributed by atoms with van der Waals surface area (Å²) in [6.45, 7) is 0. The van der Waals surface area contributed by atoms with E-state index in [4.69, 9.17) is 4.74 Å². The normalized spacial score (nSPS) is 40.6. The zero-order valence-electron chi connectivity index (χ0n) is 17.8. The zero-order valence-corrected chi connectivity index (χ0v) is 17.8. The molecular weight excluding hydrogens is 328 g/mol. The Labute approximate surface area is 168 Å². The summed E-state index contributed by atoms with van der Waals surface area (Å²) in [5.74, 6) is 13.0. The zero-order chi connectivity index (χ0) is 18.5. The van der Waals surface area contributed by atoms with Gasteiger partial charge in [0.25, 0.3) is 0 Å². The molecule has 152 valence electrons. The summed E-state index contributed by atoms with van der Waals surface area (Å²) in [7, 11) is 1.86. The Hall–Kier alpha value is -0.480. The van der Waals surface area contributed by atoms with Gasteiger partial charge in [-0.2, -0.15) is 0 Å². The van der Waals surface area contributed by atoms with E-state index >= 15 is 0 Å². The van der Waals surface area contributed by atoms with Crippen LogP contribution in [-0.2, 0) is 4.74 Å². The summed E-state index contributed by atoms with van der Waals surface area (Å²) in [6, 6.07) is 0. The van der Waals surface area contributed by atoms with Gasteiger partial charge in [-0.3, -0.25) is 0 Å². The van der Waals surface area contributed by atoms with Gasteiger partial charge in [-0.1, -0.05) is 43.9 Å². The van der Waals surface area contributed by atoms with E-state index in [2.05, 4.69) is 11.8 Å². The first-order valence-corrected chi connectivity index (χ1v) is 12.3. The van der Waals surface area contributed by atoms with Crippen LogP contribution in [0.4, 0.5) is 0 Å². The molecule has 0 spiro atoms. The minimum Gasteiger partial charge on any atom is -0.381 e. The molecule has 0 aliphatic heterocycles. The highest BCUT2D eigenvalue weighted by atomic mass is 16.5. The smallest absolute Gasteiger partial charge is 0.0572 e. The molecular formula is C26H42O. The molecule has 4 saturated carbocycles. The molecule has 4 aliphatic rings. The number of hydrogen-bond acceptors (Lipinski definition) is 1. The summed E-state index contributed by atoms with van der Waals surface area (Å²) < 4.78 is 5.49. The first-order chi connectivity index (χ1) is 13.3. The summed E-state index contributed by atoms with van der Waals surface area (Å²) >= 11 is 0. The lowest BCUT2D eigenvalue weighted by molar-refractivity contribution is 0.0636. The fourth-order valence-corrected chi connectivity index (χ4v) is 6.51. The Morgan fingerprint density at radius 1 is 0.593 bits per heavy atom. The van der Waals surface area contributed by atoms with Gasteiger partial charge in [-0.05, 0) is 94.3 Å². The van der Waals surface area contributed by atoms with Crippen LogP contribution in [0.5, 0.6) is 0 Å². The monoisotopic (exact) mass is 370 g/mol. The molecule has 4 rings (SSSR count). The predicted octanol–water partition coefficient (Wildman–Crippen LogP) is 7.00. The summed E-state index contributed by atoms with van der Waals surface area (Å²) in [5.41, 5.74) is 0. The molecule has 0 atom stereocenters. The van der Waals surface area contributed by atoms with Crippen molar-refractivity contribution in [1.82, 2.24) is 0 Å². The molecule has 1 heteroatoms. The largest absolute Gasteiger partial charge is 0.381 e. The van der Waals surface area contributed by atoms with Gasteiger partial charge in [-0.25, -0.2) is 0 Å². The third-order valence-electron chi connectivity index (χ3n) is 8.72. The summed E-state index contributed by atoms with van der Waals surface area (Å²) in [6.07, 6.45) is 23.5. The van der Waals surface area contributed by atoms with E-state index in [0.717, 1.165) is 23.7 Å². The Balaban J connectivity index is 1.14. The highest BCUT2D eigenvalue weighted by Gasteiger charge is 2.32. The first kappa shape index (κ1) is 19.8. The number of hydrogen-bond donors (Lipinski definition) is 0.